The average molecular weight is 270 g/mol. The molecule has 0 heterocycles. The van der Waals surface area contributed by atoms with Gasteiger partial charge in [-0.2, -0.15) is 0 Å². The van der Waals surface area contributed by atoms with Gasteiger partial charge in [-0.15, -0.1) is 0 Å². The Morgan fingerprint density at radius 3 is 2.05 bits per heavy atom. The van der Waals surface area contributed by atoms with Crippen LogP contribution >= 0.6 is 0 Å². The van der Waals surface area contributed by atoms with Crippen molar-refractivity contribution in [2.45, 2.75) is 26.6 Å². The molecule has 19 heavy (non-hydrogen) atoms. The van der Waals surface area contributed by atoms with Gasteiger partial charge in [-0.05, 0) is 31.5 Å². The molecule has 5 nitrogen and oxygen atoms in total. The van der Waals surface area contributed by atoms with Crippen molar-refractivity contribution in [3.05, 3.63) is 17.7 Å². The van der Waals surface area contributed by atoms with E-state index in [-0.39, 0.29) is 12.7 Å². The molecule has 0 bridgehead atoms. The molecule has 0 aliphatic carbocycles. The maximum absolute atomic E-state index is 9.17. The van der Waals surface area contributed by atoms with Crippen LogP contribution in [-0.4, -0.2) is 38.6 Å². The maximum atomic E-state index is 9.17. The van der Waals surface area contributed by atoms with Crippen molar-refractivity contribution in [1.29, 1.82) is 0 Å². The summed E-state index contributed by atoms with van der Waals surface area (Å²) in [6, 6.07) is 3.45. The van der Waals surface area contributed by atoms with Crippen molar-refractivity contribution in [2.75, 3.05) is 27.4 Å². The third-order valence-corrected chi connectivity index (χ3v) is 2.48. The summed E-state index contributed by atoms with van der Waals surface area (Å²) in [5, 5.41) is 9.17. The minimum absolute atomic E-state index is 0.0799. The van der Waals surface area contributed by atoms with Gasteiger partial charge in [0.25, 0.3) is 0 Å². The smallest absolute Gasteiger partial charge is 0.203 e. The standard InChI is InChI=1S/C14H22O5/c1-10(2)18-5-6-19-14-12(16-3)7-11(9-15)8-13(14)17-4/h7-8,10,15H,5-6,9H2,1-4H3. The first-order chi connectivity index (χ1) is 9.12. The summed E-state index contributed by atoms with van der Waals surface area (Å²) in [6.45, 7) is 4.76. The normalized spacial score (nSPS) is 10.6. The fourth-order valence-electron chi connectivity index (χ4n) is 1.60. The van der Waals surface area contributed by atoms with Gasteiger partial charge < -0.3 is 24.1 Å². The van der Waals surface area contributed by atoms with Gasteiger partial charge in [0.1, 0.15) is 6.61 Å². The van der Waals surface area contributed by atoms with E-state index < -0.39 is 0 Å². The fraction of sp³-hybridized carbons (Fsp3) is 0.571. The van der Waals surface area contributed by atoms with E-state index in [4.69, 9.17) is 18.9 Å². The Hall–Kier alpha value is -1.46. The molecular weight excluding hydrogens is 248 g/mol. The zero-order valence-corrected chi connectivity index (χ0v) is 11.9. The van der Waals surface area contributed by atoms with Crippen molar-refractivity contribution in [3.63, 3.8) is 0 Å². The van der Waals surface area contributed by atoms with E-state index in [0.717, 1.165) is 0 Å². The van der Waals surface area contributed by atoms with Crippen LogP contribution < -0.4 is 14.2 Å². The lowest BCUT2D eigenvalue weighted by atomic mass is 10.2. The summed E-state index contributed by atoms with van der Waals surface area (Å²) in [4.78, 5) is 0. The van der Waals surface area contributed by atoms with E-state index in [1.807, 2.05) is 13.8 Å². The van der Waals surface area contributed by atoms with E-state index in [2.05, 4.69) is 0 Å². The number of benzene rings is 1. The first-order valence-corrected chi connectivity index (χ1v) is 6.22. The monoisotopic (exact) mass is 270 g/mol. The molecule has 1 aromatic rings. The van der Waals surface area contributed by atoms with E-state index in [1.165, 1.54) is 0 Å². The molecule has 0 saturated carbocycles. The zero-order valence-electron chi connectivity index (χ0n) is 11.9. The van der Waals surface area contributed by atoms with Gasteiger partial charge in [0.2, 0.25) is 5.75 Å². The number of ether oxygens (including phenoxy) is 4. The summed E-state index contributed by atoms with van der Waals surface area (Å²) < 4.78 is 21.6. The van der Waals surface area contributed by atoms with Crippen LogP contribution in [0.1, 0.15) is 19.4 Å². The fourth-order valence-corrected chi connectivity index (χ4v) is 1.60. The molecule has 0 unspecified atom stereocenters. The van der Waals surface area contributed by atoms with Crippen LogP contribution in [0, 0.1) is 0 Å². The lowest BCUT2D eigenvalue weighted by Crippen LogP contribution is -2.12. The minimum Gasteiger partial charge on any atom is -0.493 e. The Morgan fingerprint density at radius 1 is 1.05 bits per heavy atom. The van der Waals surface area contributed by atoms with E-state index in [0.29, 0.717) is 36.0 Å². The summed E-state index contributed by atoms with van der Waals surface area (Å²) in [5.74, 6) is 1.59. The van der Waals surface area contributed by atoms with Crippen molar-refractivity contribution in [2.24, 2.45) is 0 Å². The average Bonchev–Trinajstić information content (AvgIpc) is 2.42. The second-order valence-electron chi connectivity index (χ2n) is 4.26. The Labute approximate surface area is 114 Å². The SMILES string of the molecule is COc1cc(CO)cc(OC)c1OCCOC(C)C. The molecule has 5 heteroatoms. The second kappa shape index (κ2) is 7.86. The lowest BCUT2D eigenvalue weighted by molar-refractivity contribution is 0.0540. The van der Waals surface area contributed by atoms with E-state index in [9.17, 15) is 5.11 Å². The van der Waals surface area contributed by atoms with Gasteiger partial charge >= 0.3 is 0 Å². The Balaban J connectivity index is 2.79. The quantitative estimate of drug-likeness (QED) is 0.732. The first-order valence-electron chi connectivity index (χ1n) is 6.22. The molecule has 1 rings (SSSR count). The number of hydrogen-bond donors (Lipinski definition) is 1. The number of hydrogen-bond acceptors (Lipinski definition) is 5. The molecule has 0 aliphatic rings. The highest BCUT2D eigenvalue weighted by Gasteiger charge is 2.14. The highest BCUT2D eigenvalue weighted by atomic mass is 16.6. The molecule has 0 atom stereocenters. The van der Waals surface area contributed by atoms with Crippen LogP contribution in [0.3, 0.4) is 0 Å². The first kappa shape index (κ1) is 15.6. The van der Waals surface area contributed by atoms with Gasteiger partial charge in [-0.3, -0.25) is 0 Å². The molecule has 0 amide bonds. The highest BCUT2D eigenvalue weighted by molar-refractivity contribution is 5.53. The van der Waals surface area contributed by atoms with Crippen LogP contribution in [0.2, 0.25) is 0 Å². The topological polar surface area (TPSA) is 57.2 Å². The maximum Gasteiger partial charge on any atom is 0.203 e. The summed E-state index contributed by atoms with van der Waals surface area (Å²) in [5.41, 5.74) is 0.708. The molecule has 0 aromatic heterocycles. The molecule has 1 N–H and O–H groups in total. The van der Waals surface area contributed by atoms with Crippen LogP contribution in [0.4, 0.5) is 0 Å². The largest absolute Gasteiger partial charge is 0.493 e. The molecule has 0 spiro atoms. The molecule has 0 radical (unpaired) electrons. The second-order valence-corrected chi connectivity index (χ2v) is 4.26. The predicted octanol–water partition coefficient (Wildman–Crippen LogP) is 2.00. The number of aliphatic hydroxyl groups excluding tert-OH is 1. The van der Waals surface area contributed by atoms with Crippen LogP contribution in [-0.2, 0) is 11.3 Å². The van der Waals surface area contributed by atoms with Crippen LogP contribution in [0.25, 0.3) is 0 Å². The molecule has 0 aliphatic heterocycles. The third-order valence-electron chi connectivity index (χ3n) is 2.48. The lowest BCUT2D eigenvalue weighted by Gasteiger charge is -2.16. The predicted molar refractivity (Wildman–Crippen MR) is 72.1 cm³/mol. The van der Waals surface area contributed by atoms with Gasteiger partial charge in [-0.25, -0.2) is 0 Å². The summed E-state index contributed by atoms with van der Waals surface area (Å²) >= 11 is 0. The number of methoxy groups -OCH3 is 2. The van der Waals surface area contributed by atoms with Crippen LogP contribution in [0.5, 0.6) is 17.2 Å². The molecule has 1 aromatic carbocycles. The number of rotatable bonds is 8. The van der Waals surface area contributed by atoms with Crippen molar-refractivity contribution >= 4 is 0 Å². The summed E-state index contributed by atoms with van der Waals surface area (Å²) in [6.07, 6.45) is 0.171. The molecular formula is C14H22O5. The highest BCUT2D eigenvalue weighted by Crippen LogP contribution is 2.38. The van der Waals surface area contributed by atoms with Gasteiger partial charge in [0.15, 0.2) is 11.5 Å². The van der Waals surface area contributed by atoms with E-state index in [1.54, 1.807) is 26.4 Å². The van der Waals surface area contributed by atoms with Crippen molar-refractivity contribution in [1.82, 2.24) is 0 Å². The van der Waals surface area contributed by atoms with Gasteiger partial charge in [0, 0.05) is 0 Å². The Morgan fingerprint density at radius 2 is 1.63 bits per heavy atom. The number of aliphatic hydroxyl groups is 1. The van der Waals surface area contributed by atoms with Crippen LogP contribution in [0.15, 0.2) is 12.1 Å². The molecule has 0 fully saturated rings. The molecule has 108 valence electrons. The van der Waals surface area contributed by atoms with E-state index >= 15 is 0 Å². The van der Waals surface area contributed by atoms with Crippen molar-refractivity contribution in [3.8, 4) is 17.2 Å². The Bertz CT molecular complexity index is 364. The van der Waals surface area contributed by atoms with Gasteiger partial charge in [-0.1, -0.05) is 0 Å². The van der Waals surface area contributed by atoms with Crippen molar-refractivity contribution < 1.29 is 24.1 Å². The van der Waals surface area contributed by atoms with Gasteiger partial charge in [0.05, 0.1) is 33.5 Å². The Kier molecular flexibility index (Phi) is 6.45. The third kappa shape index (κ3) is 4.61. The minimum atomic E-state index is -0.0799. The molecule has 0 saturated heterocycles. The zero-order chi connectivity index (χ0) is 14.3. The summed E-state index contributed by atoms with van der Waals surface area (Å²) in [7, 11) is 3.10.